The van der Waals surface area contributed by atoms with E-state index in [0.717, 1.165) is 12.8 Å². The molecule has 5 heterocycles. The molecule has 0 radical (unpaired) electrons. The number of likely N-dealkylation sites (tertiary alicyclic amines) is 1. The molecule has 0 spiro atoms. The molecular formula is C25H43Cl2N7O4S. The maximum Gasteiger partial charge on any atom is 0.241 e. The number of fused-ring (bicyclic) bond motifs is 1. The van der Waals surface area contributed by atoms with Crippen molar-refractivity contribution in [2.24, 2.45) is 17.8 Å². The predicted octanol–water partition coefficient (Wildman–Crippen LogP) is -0.407. The highest BCUT2D eigenvalue weighted by Gasteiger charge is 2.48. The van der Waals surface area contributed by atoms with Crippen LogP contribution in [0.1, 0.15) is 26.7 Å². The van der Waals surface area contributed by atoms with Gasteiger partial charge >= 0.3 is 0 Å². The third kappa shape index (κ3) is 6.50. The Bertz CT molecular complexity index is 881. The van der Waals surface area contributed by atoms with Crippen molar-refractivity contribution in [2.75, 3.05) is 40.4 Å². The summed E-state index contributed by atoms with van der Waals surface area (Å²) in [5.41, 5.74) is -0.686. The van der Waals surface area contributed by atoms with Gasteiger partial charge < -0.3 is 25.0 Å². The fraction of sp³-hybridized carbons (Fsp3) is 0.920. The second kappa shape index (κ2) is 12.8. The second-order valence-electron chi connectivity index (χ2n) is 11.6. The molecule has 2 amide bonds. The lowest BCUT2D eigenvalue weighted by Gasteiger charge is -2.45. The van der Waals surface area contributed by atoms with Crippen LogP contribution in [0, 0.1) is 17.8 Å². The Morgan fingerprint density at radius 2 is 1.77 bits per heavy atom. The summed E-state index contributed by atoms with van der Waals surface area (Å²) in [5.74, 6) is 0.354. The molecular weight excluding hydrogens is 565 g/mol. The number of hydrogen-bond donors (Lipinski definition) is 6. The quantitative estimate of drug-likeness (QED) is 0.175. The van der Waals surface area contributed by atoms with E-state index in [2.05, 4.69) is 38.8 Å². The van der Waals surface area contributed by atoms with E-state index >= 15 is 0 Å². The number of nitrogens with zero attached hydrogens (tertiary/aromatic N) is 1. The van der Waals surface area contributed by atoms with E-state index in [1.54, 1.807) is 26.0 Å². The van der Waals surface area contributed by atoms with Crippen LogP contribution < -0.4 is 31.9 Å². The first-order chi connectivity index (χ1) is 18.7. The van der Waals surface area contributed by atoms with Gasteiger partial charge in [0.25, 0.3) is 0 Å². The molecule has 0 aromatic carbocycles. The van der Waals surface area contributed by atoms with Crippen LogP contribution in [0.2, 0.25) is 0 Å². The first-order valence-corrected chi connectivity index (χ1v) is 15.8. The fourth-order valence-electron chi connectivity index (χ4n) is 6.96. The standard InChI is InChI=1S/C25H43Cl2N7O4S/c1-11-5-13(14-6-19(26)29-8-17(14)37-3)15(7-28-11)22(35)33-25-31-16-9-34(10-18(16)39-25)24(36)20-12(2)30-21(27)23(32-20)38-4/h11-21,23,25,28-32H,5-10H2,1-4H3,(H,33,35). The van der Waals surface area contributed by atoms with Crippen molar-refractivity contribution in [1.29, 1.82) is 0 Å². The summed E-state index contributed by atoms with van der Waals surface area (Å²) in [5, 5.41) is 20.3. The Morgan fingerprint density at radius 3 is 2.49 bits per heavy atom. The third-order valence-corrected chi connectivity index (χ3v) is 11.1. The summed E-state index contributed by atoms with van der Waals surface area (Å²) < 4.78 is 11.2. The number of thioether (sulfide) groups is 1. The molecule has 5 aliphatic rings. The average molecular weight is 609 g/mol. The number of nitrogens with one attached hydrogen (secondary N) is 6. The maximum atomic E-state index is 13.6. The van der Waals surface area contributed by atoms with Gasteiger partial charge in [0.1, 0.15) is 23.3 Å². The molecule has 222 valence electrons. The third-order valence-electron chi connectivity index (χ3n) is 9.09. The fourth-order valence-corrected chi connectivity index (χ4v) is 9.03. The highest BCUT2D eigenvalue weighted by Crippen LogP contribution is 2.38. The van der Waals surface area contributed by atoms with Crippen molar-refractivity contribution >= 4 is 46.8 Å². The number of carbonyl (C=O) groups excluding carboxylic acids is 2. The molecule has 5 aliphatic heterocycles. The van der Waals surface area contributed by atoms with Crippen molar-refractivity contribution in [3.8, 4) is 0 Å². The number of halogens is 2. The van der Waals surface area contributed by atoms with Crippen molar-refractivity contribution < 1.29 is 19.1 Å². The van der Waals surface area contributed by atoms with Crippen molar-refractivity contribution in [3.63, 3.8) is 0 Å². The Morgan fingerprint density at radius 1 is 0.974 bits per heavy atom. The number of hydrogen-bond acceptors (Lipinski definition) is 10. The van der Waals surface area contributed by atoms with Gasteiger partial charge in [0.15, 0.2) is 0 Å². The van der Waals surface area contributed by atoms with Gasteiger partial charge in [-0.1, -0.05) is 0 Å². The van der Waals surface area contributed by atoms with Crippen LogP contribution >= 0.6 is 35.0 Å². The molecule has 5 rings (SSSR count). The van der Waals surface area contributed by atoms with Crippen LogP contribution in [0.5, 0.6) is 0 Å². The second-order valence-corrected chi connectivity index (χ2v) is 13.9. The van der Waals surface area contributed by atoms with Gasteiger partial charge in [0, 0.05) is 63.8 Å². The topological polar surface area (TPSA) is 128 Å². The van der Waals surface area contributed by atoms with Gasteiger partial charge in [-0.25, -0.2) is 0 Å². The minimum atomic E-state index is -0.438. The van der Waals surface area contributed by atoms with E-state index in [-0.39, 0.29) is 64.0 Å². The van der Waals surface area contributed by atoms with E-state index in [9.17, 15) is 9.59 Å². The average Bonchev–Trinajstić information content (AvgIpc) is 3.47. The Balaban J connectivity index is 1.16. The number of amides is 2. The van der Waals surface area contributed by atoms with Gasteiger partial charge in [0.05, 0.1) is 17.5 Å². The van der Waals surface area contributed by atoms with Gasteiger partial charge in [-0.05, 0) is 38.5 Å². The number of ether oxygens (including phenoxy) is 2. The van der Waals surface area contributed by atoms with Gasteiger partial charge in [-0.2, -0.15) is 0 Å². The first-order valence-electron chi connectivity index (χ1n) is 14.0. The lowest BCUT2D eigenvalue weighted by Crippen LogP contribution is -2.68. The zero-order chi connectivity index (χ0) is 27.8. The Labute approximate surface area is 245 Å². The number of alkyl halides is 2. The highest BCUT2D eigenvalue weighted by molar-refractivity contribution is 8.00. The number of carbonyl (C=O) groups is 2. The molecule has 0 aromatic rings. The van der Waals surface area contributed by atoms with Crippen molar-refractivity contribution in [3.05, 3.63) is 0 Å². The monoisotopic (exact) mass is 607 g/mol. The molecule has 11 nitrogen and oxygen atoms in total. The van der Waals surface area contributed by atoms with E-state index in [1.165, 1.54) is 0 Å². The van der Waals surface area contributed by atoms with Crippen LogP contribution in [0.3, 0.4) is 0 Å². The molecule has 0 saturated carbocycles. The number of piperidine rings is 2. The van der Waals surface area contributed by atoms with Crippen LogP contribution in [-0.2, 0) is 19.1 Å². The number of rotatable bonds is 6. The highest BCUT2D eigenvalue weighted by atomic mass is 35.5. The molecule has 0 aliphatic carbocycles. The summed E-state index contributed by atoms with van der Waals surface area (Å²) >= 11 is 14.5. The minimum Gasteiger partial charge on any atom is -0.380 e. The van der Waals surface area contributed by atoms with Crippen LogP contribution in [0.15, 0.2) is 0 Å². The molecule has 13 unspecified atom stereocenters. The Hall–Kier alpha value is -0.410. The lowest BCUT2D eigenvalue weighted by atomic mass is 9.70. The van der Waals surface area contributed by atoms with E-state index in [1.807, 2.05) is 11.8 Å². The van der Waals surface area contributed by atoms with Gasteiger partial charge in [-0.15, -0.1) is 35.0 Å². The van der Waals surface area contributed by atoms with Crippen LogP contribution in [0.4, 0.5) is 0 Å². The Kier molecular flexibility index (Phi) is 9.90. The normalized spacial score (nSPS) is 46.6. The van der Waals surface area contributed by atoms with Crippen LogP contribution in [0.25, 0.3) is 0 Å². The molecule has 5 saturated heterocycles. The smallest absolute Gasteiger partial charge is 0.241 e. The summed E-state index contributed by atoms with van der Waals surface area (Å²) in [6.07, 6.45) is 1.30. The van der Waals surface area contributed by atoms with Crippen molar-refractivity contribution in [1.82, 2.24) is 36.8 Å². The largest absolute Gasteiger partial charge is 0.380 e. The van der Waals surface area contributed by atoms with E-state index < -0.39 is 17.8 Å². The molecule has 0 bridgehead atoms. The minimum absolute atomic E-state index is 0.0375. The molecule has 0 aromatic heterocycles. The zero-order valence-electron chi connectivity index (χ0n) is 23.0. The van der Waals surface area contributed by atoms with E-state index in [4.69, 9.17) is 32.7 Å². The molecule has 6 N–H and O–H groups in total. The van der Waals surface area contributed by atoms with Crippen LogP contribution in [-0.4, -0.2) is 115 Å². The molecule has 5 fully saturated rings. The number of piperazine rings is 1. The molecule has 39 heavy (non-hydrogen) atoms. The zero-order valence-corrected chi connectivity index (χ0v) is 25.3. The summed E-state index contributed by atoms with van der Waals surface area (Å²) in [4.78, 5) is 28.9. The van der Waals surface area contributed by atoms with Gasteiger partial charge in [-0.3, -0.25) is 30.9 Å². The number of methoxy groups -OCH3 is 2. The first kappa shape index (κ1) is 30.1. The van der Waals surface area contributed by atoms with Crippen molar-refractivity contribution in [2.45, 2.75) is 84.9 Å². The summed E-state index contributed by atoms with van der Waals surface area (Å²) in [7, 11) is 3.32. The predicted molar refractivity (Wildman–Crippen MR) is 152 cm³/mol. The SMILES string of the molecule is COC1CNC(Cl)CC1C1CC(C)NCC1C(=O)NC1NC2CN(C(=O)C3NC(OC)C(Cl)NC3C)CC2S1. The lowest BCUT2D eigenvalue weighted by molar-refractivity contribution is -0.136. The summed E-state index contributed by atoms with van der Waals surface area (Å²) in [6, 6.07) is -0.0743. The molecule has 14 heteroatoms. The maximum absolute atomic E-state index is 13.6. The van der Waals surface area contributed by atoms with Gasteiger partial charge in [0.2, 0.25) is 11.8 Å². The van der Waals surface area contributed by atoms with E-state index in [0.29, 0.717) is 32.2 Å². The summed E-state index contributed by atoms with van der Waals surface area (Å²) in [6.45, 7) is 6.70. The molecule has 13 atom stereocenters.